The van der Waals surface area contributed by atoms with Crippen molar-refractivity contribution in [1.82, 2.24) is 0 Å². The van der Waals surface area contributed by atoms with E-state index in [2.05, 4.69) is 95.3 Å². The molecule has 4 aromatic rings. The van der Waals surface area contributed by atoms with E-state index in [0.717, 1.165) is 36.2 Å². The van der Waals surface area contributed by atoms with Crippen LogP contribution in [-0.2, 0) is 22.7 Å². The minimum absolute atomic E-state index is 0.0793. The highest BCUT2D eigenvalue weighted by atomic mass is 32.2. The molecule has 0 radical (unpaired) electrons. The molecule has 0 heterocycles. The van der Waals surface area contributed by atoms with Gasteiger partial charge in [0.05, 0.1) is 10.6 Å². The van der Waals surface area contributed by atoms with Gasteiger partial charge in [0.1, 0.15) is 5.82 Å². The smallest absolute Gasteiger partial charge is 0.178 e. The number of rotatable bonds is 17. The van der Waals surface area contributed by atoms with E-state index in [-0.39, 0.29) is 11.6 Å². The number of unbranched alkanes of at least 4 members (excludes halogenated alkanes) is 3. The SMILES string of the molecule is CCCC(C)c1ccccc1.CCCC1CCCC1.CCCCC1CCCC1.CCCCCc1ccccc1.CCCS(=O)(=O)c1ccccc1.CCCc1ccccc1F. The summed E-state index contributed by atoms with van der Waals surface area (Å²) in [5.74, 6) is 3.10. The van der Waals surface area contributed by atoms with Crippen LogP contribution in [0.4, 0.5) is 4.39 Å². The molecule has 0 aliphatic heterocycles. The van der Waals surface area contributed by atoms with Gasteiger partial charge in [-0.2, -0.15) is 0 Å². The highest BCUT2D eigenvalue weighted by Gasteiger charge is 2.14. The predicted molar refractivity (Wildman–Crippen MR) is 267 cm³/mol. The second-order valence-corrected chi connectivity index (χ2v) is 19.4. The van der Waals surface area contributed by atoms with E-state index in [1.807, 2.05) is 32.0 Å². The van der Waals surface area contributed by atoms with Crippen molar-refractivity contribution in [2.24, 2.45) is 11.8 Å². The molecule has 4 aromatic carbocycles. The number of hydrogen-bond acceptors (Lipinski definition) is 2. The molecule has 0 aromatic heterocycles. The van der Waals surface area contributed by atoms with Gasteiger partial charge in [0.2, 0.25) is 0 Å². The minimum Gasteiger partial charge on any atom is -0.224 e. The first-order valence-electron chi connectivity index (χ1n) is 24.7. The highest BCUT2D eigenvalue weighted by molar-refractivity contribution is 7.91. The minimum atomic E-state index is -3.01. The number of benzene rings is 4. The molecule has 1 unspecified atom stereocenters. The van der Waals surface area contributed by atoms with Crippen LogP contribution in [0.1, 0.15) is 199 Å². The third-order valence-corrected chi connectivity index (χ3v) is 13.6. The lowest BCUT2D eigenvalue weighted by atomic mass is 9.97. The Kier molecular flexibility index (Phi) is 34.1. The van der Waals surface area contributed by atoms with E-state index in [1.54, 1.807) is 30.3 Å². The molecule has 0 amide bonds. The van der Waals surface area contributed by atoms with Crippen molar-refractivity contribution < 1.29 is 12.8 Å². The first-order chi connectivity index (χ1) is 29.6. The Hall–Kier alpha value is -3.24. The largest absolute Gasteiger partial charge is 0.224 e. The maximum atomic E-state index is 12.8. The molecular formula is C57H89FO2S. The fourth-order valence-electron chi connectivity index (χ4n) is 8.09. The van der Waals surface area contributed by atoms with Crippen molar-refractivity contribution in [2.45, 2.75) is 201 Å². The Bertz CT molecular complexity index is 1630. The molecule has 6 rings (SSSR count). The van der Waals surface area contributed by atoms with E-state index in [1.165, 1.54) is 139 Å². The summed E-state index contributed by atoms with van der Waals surface area (Å²) in [5, 5.41) is 0. The molecule has 0 spiro atoms. The van der Waals surface area contributed by atoms with Gasteiger partial charge in [0, 0.05) is 0 Å². The number of aryl methyl sites for hydroxylation is 2. The average Bonchev–Trinajstić information content (AvgIpc) is 4.02. The number of halogens is 1. The Balaban J connectivity index is 0.000000368. The zero-order valence-corrected chi connectivity index (χ0v) is 40.9. The first-order valence-corrected chi connectivity index (χ1v) is 26.4. The van der Waals surface area contributed by atoms with Crippen LogP contribution in [0.25, 0.3) is 0 Å². The Morgan fingerprint density at radius 2 is 1.03 bits per heavy atom. The van der Waals surface area contributed by atoms with Gasteiger partial charge in [-0.25, -0.2) is 12.8 Å². The van der Waals surface area contributed by atoms with Crippen molar-refractivity contribution in [1.29, 1.82) is 0 Å². The lowest BCUT2D eigenvalue weighted by molar-refractivity contribution is 0.480. The van der Waals surface area contributed by atoms with Gasteiger partial charge in [0.25, 0.3) is 0 Å². The molecule has 2 nitrogen and oxygen atoms in total. The van der Waals surface area contributed by atoms with Crippen LogP contribution in [0.3, 0.4) is 0 Å². The molecule has 2 fully saturated rings. The second-order valence-electron chi connectivity index (χ2n) is 17.2. The number of hydrogen-bond donors (Lipinski definition) is 0. The van der Waals surface area contributed by atoms with E-state index >= 15 is 0 Å². The van der Waals surface area contributed by atoms with Crippen molar-refractivity contribution in [3.8, 4) is 0 Å². The molecule has 0 saturated heterocycles. The van der Waals surface area contributed by atoms with Gasteiger partial charge in [-0.3, -0.25) is 0 Å². The maximum absolute atomic E-state index is 12.8. The monoisotopic (exact) mass is 857 g/mol. The van der Waals surface area contributed by atoms with Crippen LogP contribution >= 0.6 is 0 Å². The molecule has 2 aliphatic rings. The zero-order valence-electron chi connectivity index (χ0n) is 40.1. The predicted octanol–water partition coefficient (Wildman–Crippen LogP) is 18.0. The van der Waals surface area contributed by atoms with Crippen LogP contribution in [0.15, 0.2) is 120 Å². The Labute approximate surface area is 376 Å². The van der Waals surface area contributed by atoms with Crippen LogP contribution in [-0.4, -0.2) is 14.2 Å². The van der Waals surface area contributed by atoms with Crippen molar-refractivity contribution in [3.63, 3.8) is 0 Å². The summed E-state index contributed by atoms with van der Waals surface area (Å²) in [6.45, 7) is 15.3. The van der Waals surface area contributed by atoms with Crippen molar-refractivity contribution in [2.75, 3.05) is 5.75 Å². The summed E-state index contributed by atoms with van der Waals surface area (Å²) in [7, 11) is -3.01. The molecule has 61 heavy (non-hydrogen) atoms. The summed E-state index contributed by atoms with van der Waals surface area (Å²) in [6, 6.07) is 36.9. The third kappa shape index (κ3) is 28.1. The van der Waals surface area contributed by atoms with Crippen molar-refractivity contribution in [3.05, 3.63) is 138 Å². The van der Waals surface area contributed by atoms with E-state index in [4.69, 9.17) is 0 Å². The van der Waals surface area contributed by atoms with E-state index < -0.39 is 9.84 Å². The molecular weight excluding hydrogens is 768 g/mol. The van der Waals surface area contributed by atoms with Gasteiger partial charge in [-0.05, 0) is 84.7 Å². The fraction of sp³-hybridized carbons (Fsp3) is 0.579. The van der Waals surface area contributed by atoms with Gasteiger partial charge in [-0.1, -0.05) is 255 Å². The lowest BCUT2D eigenvalue weighted by Gasteiger charge is -2.08. The normalized spacial score (nSPS) is 14.0. The van der Waals surface area contributed by atoms with Gasteiger partial charge >= 0.3 is 0 Å². The molecule has 342 valence electrons. The van der Waals surface area contributed by atoms with Gasteiger partial charge < -0.3 is 0 Å². The summed E-state index contributed by atoms with van der Waals surface area (Å²) >= 11 is 0. The summed E-state index contributed by atoms with van der Waals surface area (Å²) in [6.07, 6.45) is 29.7. The molecule has 2 saturated carbocycles. The average molecular weight is 857 g/mol. The molecule has 4 heteroatoms. The molecule has 1 atom stereocenters. The standard InChI is InChI=1S/2C11H16.C9H11F.C9H12O2S.C9H18.C8H16/c1-3-7-10(2)11-8-5-4-6-9-11;1-2-3-5-8-11-9-6-4-7-10-11;1-2-5-8-6-3-4-7-9(8)10;1-2-8-12(10,11)9-6-4-3-5-7-9;1-2-3-6-9-7-4-5-8-9;1-2-5-8-6-3-4-7-8/h4-6,8-10H,3,7H2,1-2H3;4,6-7,9-10H,2-3,5,8H2,1H3;3-4,6-7H,2,5H2,1H3;3-7H,2,8H2,1H3;9H,2-8H2,1H3;8H,2-7H2,1H3. The third-order valence-electron chi connectivity index (χ3n) is 11.7. The highest BCUT2D eigenvalue weighted by Crippen LogP contribution is 2.29. The topological polar surface area (TPSA) is 34.1 Å². The quantitative estimate of drug-likeness (QED) is 0.0992. The maximum Gasteiger partial charge on any atom is 0.178 e. The zero-order chi connectivity index (χ0) is 44.8. The van der Waals surface area contributed by atoms with Gasteiger partial charge in [-0.15, -0.1) is 0 Å². The number of sulfone groups is 1. The fourth-order valence-corrected chi connectivity index (χ4v) is 9.43. The lowest BCUT2D eigenvalue weighted by Crippen LogP contribution is -2.05. The van der Waals surface area contributed by atoms with Crippen LogP contribution in [0, 0.1) is 17.7 Å². The molecule has 0 N–H and O–H groups in total. The van der Waals surface area contributed by atoms with Gasteiger partial charge in [0.15, 0.2) is 9.84 Å². The van der Waals surface area contributed by atoms with E-state index in [0.29, 0.717) is 11.3 Å². The molecule has 0 bridgehead atoms. The van der Waals surface area contributed by atoms with Crippen LogP contribution < -0.4 is 0 Å². The first kappa shape index (κ1) is 55.8. The summed E-state index contributed by atoms with van der Waals surface area (Å²) in [4.78, 5) is 0.423. The Morgan fingerprint density at radius 1 is 0.525 bits per heavy atom. The van der Waals surface area contributed by atoms with Crippen LogP contribution in [0.2, 0.25) is 0 Å². The van der Waals surface area contributed by atoms with Crippen LogP contribution in [0.5, 0.6) is 0 Å². The van der Waals surface area contributed by atoms with E-state index in [9.17, 15) is 12.8 Å². The Morgan fingerprint density at radius 3 is 1.52 bits per heavy atom. The summed E-state index contributed by atoms with van der Waals surface area (Å²) in [5.41, 5.74) is 3.76. The van der Waals surface area contributed by atoms with Crippen molar-refractivity contribution >= 4 is 9.84 Å². The molecule has 2 aliphatic carbocycles. The second kappa shape index (κ2) is 37.3. The summed E-state index contributed by atoms with van der Waals surface area (Å²) < 4.78 is 35.6.